The van der Waals surface area contributed by atoms with Gasteiger partial charge in [0.1, 0.15) is 5.75 Å². The minimum atomic E-state index is 0.176. The summed E-state index contributed by atoms with van der Waals surface area (Å²) in [6.07, 6.45) is 0. The monoisotopic (exact) mass is 193 g/mol. The fourth-order valence-corrected chi connectivity index (χ4v) is 1.49. The SMILES string of the molecule is Cc1ccc2c(O)cc(Cl)cc2n1. The summed E-state index contributed by atoms with van der Waals surface area (Å²) >= 11 is 5.78. The largest absolute Gasteiger partial charge is 0.507 e. The molecule has 2 aromatic rings. The van der Waals surface area contributed by atoms with Crippen molar-refractivity contribution >= 4 is 22.5 Å². The maximum Gasteiger partial charge on any atom is 0.126 e. The van der Waals surface area contributed by atoms with Crippen LogP contribution in [-0.4, -0.2) is 10.1 Å². The summed E-state index contributed by atoms with van der Waals surface area (Å²) in [5.41, 5.74) is 1.64. The lowest BCUT2D eigenvalue weighted by Crippen LogP contribution is -1.83. The van der Waals surface area contributed by atoms with Crippen LogP contribution in [0.4, 0.5) is 0 Å². The molecule has 0 bridgehead atoms. The number of hydrogen-bond acceptors (Lipinski definition) is 2. The standard InChI is InChI=1S/C10H8ClNO/c1-6-2-3-8-9(12-6)4-7(11)5-10(8)13/h2-5,13H,1H3. The van der Waals surface area contributed by atoms with Crippen molar-refractivity contribution in [3.63, 3.8) is 0 Å². The lowest BCUT2D eigenvalue weighted by molar-refractivity contribution is 0.481. The molecule has 2 rings (SSSR count). The summed E-state index contributed by atoms with van der Waals surface area (Å²) in [4.78, 5) is 4.25. The molecule has 66 valence electrons. The summed E-state index contributed by atoms with van der Waals surface area (Å²) in [6.45, 7) is 1.90. The van der Waals surface area contributed by atoms with Crippen molar-refractivity contribution in [2.75, 3.05) is 0 Å². The van der Waals surface area contributed by atoms with Gasteiger partial charge in [-0.2, -0.15) is 0 Å². The topological polar surface area (TPSA) is 33.1 Å². The van der Waals surface area contributed by atoms with Crippen LogP contribution in [0, 0.1) is 6.92 Å². The number of aromatic nitrogens is 1. The van der Waals surface area contributed by atoms with Crippen LogP contribution < -0.4 is 0 Å². The van der Waals surface area contributed by atoms with Crippen molar-refractivity contribution in [3.8, 4) is 5.75 Å². The highest BCUT2D eigenvalue weighted by molar-refractivity contribution is 6.31. The summed E-state index contributed by atoms with van der Waals surface area (Å²) in [5.74, 6) is 0.176. The van der Waals surface area contributed by atoms with Gasteiger partial charge >= 0.3 is 0 Å². The molecule has 3 heteroatoms. The molecule has 0 aliphatic carbocycles. The molecule has 0 radical (unpaired) electrons. The molecule has 0 unspecified atom stereocenters. The molecule has 0 amide bonds. The maximum absolute atomic E-state index is 9.52. The van der Waals surface area contributed by atoms with E-state index in [0.717, 1.165) is 16.6 Å². The predicted molar refractivity (Wildman–Crippen MR) is 53.2 cm³/mol. The van der Waals surface area contributed by atoms with Gasteiger partial charge in [-0.25, -0.2) is 0 Å². The molecule has 1 heterocycles. The maximum atomic E-state index is 9.52. The number of rotatable bonds is 0. The van der Waals surface area contributed by atoms with Gasteiger partial charge in [-0.3, -0.25) is 4.98 Å². The van der Waals surface area contributed by atoms with Crippen LogP contribution in [0.1, 0.15) is 5.69 Å². The Labute approximate surface area is 80.8 Å². The van der Waals surface area contributed by atoms with Gasteiger partial charge in [0.2, 0.25) is 0 Å². The van der Waals surface area contributed by atoms with Gasteiger partial charge in [0.05, 0.1) is 5.52 Å². The molecule has 1 aromatic carbocycles. The summed E-state index contributed by atoms with van der Waals surface area (Å²) < 4.78 is 0. The molecule has 0 aliphatic heterocycles. The second kappa shape index (κ2) is 2.89. The smallest absolute Gasteiger partial charge is 0.126 e. The lowest BCUT2D eigenvalue weighted by Gasteiger charge is -2.01. The highest BCUT2D eigenvalue weighted by atomic mass is 35.5. The second-order valence-electron chi connectivity index (χ2n) is 2.94. The van der Waals surface area contributed by atoms with Crippen molar-refractivity contribution in [1.82, 2.24) is 4.98 Å². The zero-order valence-electron chi connectivity index (χ0n) is 7.08. The number of pyridine rings is 1. The molecule has 0 saturated carbocycles. The Morgan fingerprint density at radius 3 is 2.85 bits per heavy atom. The van der Waals surface area contributed by atoms with E-state index in [-0.39, 0.29) is 5.75 Å². The van der Waals surface area contributed by atoms with Gasteiger partial charge in [0.15, 0.2) is 0 Å². The number of hydrogen-bond donors (Lipinski definition) is 1. The summed E-state index contributed by atoms with van der Waals surface area (Å²) in [7, 11) is 0. The highest BCUT2D eigenvalue weighted by Gasteiger charge is 2.02. The van der Waals surface area contributed by atoms with Gasteiger partial charge in [0.25, 0.3) is 0 Å². The molecular weight excluding hydrogens is 186 g/mol. The average molecular weight is 194 g/mol. The quantitative estimate of drug-likeness (QED) is 0.698. The number of halogens is 1. The van der Waals surface area contributed by atoms with Crippen LogP contribution in [0.2, 0.25) is 5.02 Å². The Balaban J connectivity index is 2.86. The number of aromatic hydroxyl groups is 1. The molecule has 0 spiro atoms. The zero-order chi connectivity index (χ0) is 9.42. The van der Waals surface area contributed by atoms with Crippen LogP contribution in [0.15, 0.2) is 24.3 Å². The van der Waals surface area contributed by atoms with Crippen LogP contribution in [0.3, 0.4) is 0 Å². The van der Waals surface area contributed by atoms with Crippen LogP contribution in [-0.2, 0) is 0 Å². The molecule has 0 aliphatic rings. The minimum absolute atomic E-state index is 0.176. The van der Waals surface area contributed by atoms with E-state index in [9.17, 15) is 5.11 Å². The van der Waals surface area contributed by atoms with E-state index in [1.165, 1.54) is 6.07 Å². The minimum Gasteiger partial charge on any atom is -0.507 e. The third-order valence-electron chi connectivity index (χ3n) is 1.89. The van der Waals surface area contributed by atoms with E-state index in [4.69, 9.17) is 11.6 Å². The number of aryl methyl sites for hydroxylation is 1. The Morgan fingerprint density at radius 2 is 2.08 bits per heavy atom. The van der Waals surface area contributed by atoms with E-state index in [1.807, 2.05) is 19.1 Å². The molecule has 1 aromatic heterocycles. The average Bonchev–Trinajstić information content (AvgIpc) is 2.02. The van der Waals surface area contributed by atoms with E-state index >= 15 is 0 Å². The van der Waals surface area contributed by atoms with Crippen LogP contribution in [0.25, 0.3) is 10.9 Å². The van der Waals surface area contributed by atoms with Crippen LogP contribution >= 0.6 is 11.6 Å². The molecule has 2 nitrogen and oxygen atoms in total. The van der Waals surface area contributed by atoms with Gasteiger partial charge < -0.3 is 5.11 Å². The van der Waals surface area contributed by atoms with E-state index in [0.29, 0.717) is 5.02 Å². The Kier molecular flexibility index (Phi) is 1.85. The summed E-state index contributed by atoms with van der Waals surface area (Å²) in [6, 6.07) is 6.95. The van der Waals surface area contributed by atoms with Crippen molar-refractivity contribution in [2.45, 2.75) is 6.92 Å². The fraction of sp³-hybridized carbons (Fsp3) is 0.100. The number of benzene rings is 1. The first kappa shape index (κ1) is 8.32. The van der Waals surface area contributed by atoms with Crippen molar-refractivity contribution in [3.05, 3.63) is 35.0 Å². The van der Waals surface area contributed by atoms with Gasteiger partial charge in [-0.15, -0.1) is 0 Å². The Hall–Kier alpha value is -1.28. The first-order valence-electron chi connectivity index (χ1n) is 3.93. The van der Waals surface area contributed by atoms with Gasteiger partial charge in [0, 0.05) is 16.1 Å². The van der Waals surface area contributed by atoms with Crippen LogP contribution in [0.5, 0.6) is 5.75 Å². The zero-order valence-corrected chi connectivity index (χ0v) is 7.84. The first-order chi connectivity index (χ1) is 6.16. The number of nitrogens with zero attached hydrogens (tertiary/aromatic N) is 1. The number of phenols is 1. The highest BCUT2D eigenvalue weighted by Crippen LogP contribution is 2.27. The second-order valence-corrected chi connectivity index (χ2v) is 3.38. The van der Waals surface area contributed by atoms with Crippen molar-refractivity contribution < 1.29 is 5.11 Å². The molecule has 0 saturated heterocycles. The normalized spacial score (nSPS) is 10.6. The molecule has 0 fully saturated rings. The van der Waals surface area contributed by atoms with Gasteiger partial charge in [-0.1, -0.05) is 11.6 Å². The van der Waals surface area contributed by atoms with Crippen molar-refractivity contribution in [1.29, 1.82) is 0 Å². The molecule has 0 atom stereocenters. The lowest BCUT2D eigenvalue weighted by atomic mass is 10.2. The predicted octanol–water partition coefficient (Wildman–Crippen LogP) is 2.90. The Morgan fingerprint density at radius 1 is 1.31 bits per heavy atom. The molecule has 1 N–H and O–H groups in total. The molecular formula is C10H8ClNO. The number of phenolic OH excluding ortho intramolecular Hbond substituents is 1. The third-order valence-corrected chi connectivity index (χ3v) is 2.11. The molecule has 13 heavy (non-hydrogen) atoms. The van der Waals surface area contributed by atoms with Gasteiger partial charge in [-0.05, 0) is 31.2 Å². The fourth-order valence-electron chi connectivity index (χ4n) is 1.28. The Bertz CT molecular complexity index is 462. The van der Waals surface area contributed by atoms with E-state index < -0.39 is 0 Å². The van der Waals surface area contributed by atoms with Crippen molar-refractivity contribution in [2.24, 2.45) is 0 Å². The third kappa shape index (κ3) is 1.45. The number of fused-ring (bicyclic) bond motifs is 1. The van der Waals surface area contributed by atoms with E-state index in [1.54, 1.807) is 6.07 Å². The first-order valence-corrected chi connectivity index (χ1v) is 4.30. The van der Waals surface area contributed by atoms with E-state index in [2.05, 4.69) is 4.98 Å². The summed E-state index contributed by atoms with van der Waals surface area (Å²) in [5, 5.41) is 10.8.